The van der Waals surface area contributed by atoms with Gasteiger partial charge in [0.05, 0.1) is 0 Å². The highest BCUT2D eigenvalue weighted by Crippen LogP contribution is 2.35. The second-order valence-corrected chi connectivity index (χ2v) is 5.58. The van der Waals surface area contributed by atoms with Crippen LogP contribution in [0.3, 0.4) is 0 Å². The topological polar surface area (TPSA) is 83.4 Å². The molecule has 6 heteroatoms. The van der Waals surface area contributed by atoms with E-state index >= 15 is 0 Å². The summed E-state index contributed by atoms with van der Waals surface area (Å²) in [4.78, 5) is 4.33. The van der Waals surface area contributed by atoms with Crippen LogP contribution in [0.4, 0.5) is 0 Å². The van der Waals surface area contributed by atoms with Crippen molar-refractivity contribution in [2.24, 2.45) is 5.73 Å². The van der Waals surface area contributed by atoms with E-state index in [1.165, 1.54) is 0 Å². The van der Waals surface area contributed by atoms with Gasteiger partial charge in [-0.25, -0.2) is 0 Å². The molecule has 1 aliphatic heterocycles. The van der Waals surface area contributed by atoms with Gasteiger partial charge in [-0.2, -0.15) is 4.98 Å². The Morgan fingerprint density at radius 3 is 2.80 bits per heavy atom. The van der Waals surface area contributed by atoms with Crippen molar-refractivity contribution in [3.8, 4) is 11.5 Å². The normalized spacial score (nSPS) is 18.1. The number of nitrogens with two attached hydrogens (primary N) is 1. The monoisotopic (exact) mass is 275 g/mol. The SMILES string of the molecule is CC(C)(N)Cc1nc(C2COc3ccccc3O2)no1. The first-order chi connectivity index (χ1) is 9.51. The highest BCUT2D eigenvalue weighted by Gasteiger charge is 2.27. The molecule has 1 aromatic carbocycles. The van der Waals surface area contributed by atoms with Gasteiger partial charge in [-0.3, -0.25) is 0 Å². The number of aromatic nitrogens is 2. The van der Waals surface area contributed by atoms with Gasteiger partial charge >= 0.3 is 0 Å². The van der Waals surface area contributed by atoms with Crippen LogP contribution in [0.15, 0.2) is 28.8 Å². The smallest absolute Gasteiger partial charge is 0.228 e. The third-order valence-electron chi connectivity index (χ3n) is 2.89. The second kappa shape index (κ2) is 4.79. The maximum atomic E-state index is 5.93. The van der Waals surface area contributed by atoms with Gasteiger partial charge in [-0.15, -0.1) is 0 Å². The average Bonchev–Trinajstić information content (AvgIpc) is 2.84. The molecule has 0 amide bonds. The Labute approximate surface area is 116 Å². The number of ether oxygens (including phenoxy) is 2. The van der Waals surface area contributed by atoms with Crippen molar-refractivity contribution in [3.05, 3.63) is 36.0 Å². The Balaban J connectivity index is 1.75. The van der Waals surface area contributed by atoms with E-state index in [4.69, 9.17) is 19.7 Å². The van der Waals surface area contributed by atoms with Gasteiger partial charge in [0.2, 0.25) is 11.7 Å². The minimum absolute atomic E-state index is 0.358. The van der Waals surface area contributed by atoms with Gasteiger partial charge in [0, 0.05) is 12.0 Å². The highest BCUT2D eigenvalue weighted by atomic mass is 16.6. The maximum absolute atomic E-state index is 5.93. The van der Waals surface area contributed by atoms with Gasteiger partial charge in [0.25, 0.3) is 0 Å². The van der Waals surface area contributed by atoms with Gasteiger partial charge < -0.3 is 19.7 Å². The fourth-order valence-corrected chi connectivity index (χ4v) is 2.01. The summed E-state index contributed by atoms with van der Waals surface area (Å²) in [7, 11) is 0. The number of hydrogen-bond acceptors (Lipinski definition) is 6. The molecule has 2 aromatic rings. The molecular formula is C14H17N3O3. The van der Waals surface area contributed by atoms with Gasteiger partial charge in [0.1, 0.15) is 6.61 Å². The Morgan fingerprint density at radius 1 is 1.30 bits per heavy atom. The first-order valence-electron chi connectivity index (χ1n) is 6.51. The van der Waals surface area contributed by atoms with Gasteiger partial charge in [-0.1, -0.05) is 17.3 Å². The number of rotatable bonds is 3. The van der Waals surface area contributed by atoms with E-state index in [1.54, 1.807) is 0 Å². The molecule has 20 heavy (non-hydrogen) atoms. The number of hydrogen-bond donors (Lipinski definition) is 1. The molecule has 0 spiro atoms. The zero-order valence-electron chi connectivity index (χ0n) is 11.5. The Hall–Kier alpha value is -2.08. The van der Waals surface area contributed by atoms with E-state index in [1.807, 2.05) is 38.1 Å². The van der Waals surface area contributed by atoms with Crippen LogP contribution in [0.25, 0.3) is 0 Å². The second-order valence-electron chi connectivity index (χ2n) is 5.58. The van der Waals surface area contributed by atoms with Crippen molar-refractivity contribution in [1.82, 2.24) is 10.1 Å². The van der Waals surface area contributed by atoms with Crippen LogP contribution in [0, 0.1) is 0 Å². The molecule has 106 valence electrons. The Bertz CT molecular complexity index is 604. The molecule has 1 unspecified atom stereocenters. The summed E-state index contributed by atoms with van der Waals surface area (Å²) >= 11 is 0. The molecule has 0 saturated carbocycles. The van der Waals surface area contributed by atoms with E-state index in [2.05, 4.69) is 10.1 Å². The molecule has 0 aliphatic carbocycles. The molecule has 6 nitrogen and oxygen atoms in total. The lowest BCUT2D eigenvalue weighted by atomic mass is 10.0. The summed E-state index contributed by atoms with van der Waals surface area (Å²) in [6.07, 6.45) is 0.160. The Kier molecular flexibility index (Phi) is 3.10. The molecule has 0 radical (unpaired) electrons. The third kappa shape index (κ3) is 2.75. The summed E-state index contributed by atoms with van der Waals surface area (Å²) in [5, 5.41) is 3.95. The third-order valence-corrected chi connectivity index (χ3v) is 2.89. The van der Waals surface area contributed by atoms with Crippen LogP contribution in [0.1, 0.15) is 31.7 Å². The minimum atomic E-state index is -0.389. The lowest BCUT2D eigenvalue weighted by Crippen LogP contribution is -2.34. The zero-order valence-corrected chi connectivity index (χ0v) is 11.5. The van der Waals surface area contributed by atoms with Crippen molar-refractivity contribution < 1.29 is 14.0 Å². The van der Waals surface area contributed by atoms with Crippen molar-refractivity contribution in [2.45, 2.75) is 31.9 Å². The molecule has 1 aromatic heterocycles. The molecular weight excluding hydrogens is 258 g/mol. The van der Waals surface area contributed by atoms with Crippen molar-refractivity contribution >= 4 is 0 Å². The molecule has 2 N–H and O–H groups in total. The molecule has 2 heterocycles. The van der Waals surface area contributed by atoms with Crippen LogP contribution in [0.5, 0.6) is 11.5 Å². The van der Waals surface area contributed by atoms with E-state index < -0.39 is 0 Å². The van der Waals surface area contributed by atoms with Gasteiger partial charge in [0.15, 0.2) is 17.6 Å². The van der Waals surface area contributed by atoms with Gasteiger partial charge in [-0.05, 0) is 26.0 Å². The van der Waals surface area contributed by atoms with Crippen LogP contribution in [-0.2, 0) is 6.42 Å². The fourth-order valence-electron chi connectivity index (χ4n) is 2.01. The molecule has 0 saturated heterocycles. The first kappa shape index (κ1) is 12.9. The predicted molar refractivity (Wildman–Crippen MR) is 71.6 cm³/mol. The quantitative estimate of drug-likeness (QED) is 0.920. The van der Waals surface area contributed by atoms with Crippen molar-refractivity contribution in [2.75, 3.05) is 6.61 Å². The molecule has 3 rings (SSSR count). The van der Waals surface area contributed by atoms with Crippen molar-refractivity contribution in [3.63, 3.8) is 0 Å². The lowest BCUT2D eigenvalue weighted by Gasteiger charge is -2.24. The lowest BCUT2D eigenvalue weighted by molar-refractivity contribution is 0.0832. The van der Waals surface area contributed by atoms with E-state index in [0.717, 1.165) is 5.75 Å². The molecule has 1 aliphatic rings. The van der Waals surface area contributed by atoms with Crippen LogP contribution in [-0.4, -0.2) is 22.3 Å². The summed E-state index contributed by atoms with van der Waals surface area (Å²) < 4.78 is 16.7. The van der Waals surface area contributed by atoms with Crippen LogP contribution in [0.2, 0.25) is 0 Å². The largest absolute Gasteiger partial charge is 0.485 e. The summed E-state index contributed by atoms with van der Waals surface area (Å²) in [6.45, 7) is 4.18. The Morgan fingerprint density at radius 2 is 2.05 bits per heavy atom. The number of nitrogens with zero attached hydrogens (tertiary/aromatic N) is 2. The number of para-hydroxylation sites is 2. The minimum Gasteiger partial charge on any atom is -0.485 e. The molecule has 0 bridgehead atoms. The molecule has 0 fully saturated rings. The fraction of sp³-hybridized carbons (Fsp3) is 0.429. The summed E-state index contributed by atoms with van der Waals surface area (Å²) in [6, 6.07) is 7.51. The summed E-state index contributed by atoms with van der Waals surface area (Å²) in [5.74, 6) is 2.42. The highest BCUT2D eigenvalue weighted by molar-refractivity contribution is 5.40. The van der Waals surface area contributed by atoms with Crippen molar-refractivity contribution in [1.29, 1.82) is 0 Å². The standard InChI is InChI=1S/C14H17N3O3/c1-14(2,15)7-12-16-13(17-20-12)11-8-18-9-5-3-4-6-10(9)19-11/h3-6,11H,7-8,15H2,1-2H3. The predicted octanol–water partition coefficient (Wildman–Crippen LogP) is 1.86. The zero-order chi connectivity index (χ0) is 14.2. The van der Waals surface area contributed by atoms with E-state index in [-0.39, 0.29) is 11.6 Å². The maximum Gasteiger partial charge on any atom is 0.228 e. The van der Waals surface area contributed by atoms with E-state index in [0.29, 0.717) is 30.5 Å². The average molecular weight is 275 g/mol. The number of benzene rings is 1. The number of fused-ring (bicyclic) bond motifs is 1. The van der Waals surface area contributed by atoms with Crippen LogP contribution >= 0.6 is 0 Å². The summed E-state index contributed by atoms with van der Waals surface area (Å²) in [5.41, 5.74) is 5.55. The molecule has 1 atom stereocenters. The van der Waals surface area contributed by atoms with E-state index in [9.17, 15) is 0 Å². The van der Waals surface area contributed by atoms with Crippen LogP contribution < -0.4 is 15.2 Å². The first-order valence-corrected chi connectivity index (χ1v) is 6.51.